The third kappa shape index (κ3) is 3.74. The van der Waals surface area contributed by atoms with E-state index in [9.17, 15) is 0 Å². The SMILES string of the molecule is Cc1cnc(-c2ccc(Cc3ccccc3)c3c2oc2ccccc23)cc1CC(C)C. The van der Waals surface area contributed by atoms with E-state index in [-0.39, 0.29) is 0 Å². The van der Waals surface area contributed by atoms with Crippen molar-refractivity contribution < 1.29 is 4.42 Å². The van der Waals surface area contributed by atoms with Crippen LogP contribution >= 0.6 is 0 Å². The zero-order chi connectivity index (χ0) is 21.4. The van der Waals surface area contributed by atoms with Crippen molar-refractivity contribution in [1.29, 1.82) is 0 Å². The van der Waals surface area contributed by atoms with Gasteiger partial charge < -0.3 is 4.42 Å². The van der Waals surface area contributed by atoms with E-state index in [1.54, 1.807) is 0 Å². The van der Waals surface area contributed by atoms with Gasteiger partial charge in [-0.05, 0) is 66.1 Å². The van der Waals surface area contributed by atoms with Gasteiger partial charge in [-0.3, -0.25) is 4.98 Å². The van der Waals surface area contributed by atoms with Crippen LogP contribution in [-0.4, -0.2) is 4.98 Å². The molecule has 2 nitrogen and oxygen atoms in total. The highest BCUT2D eigenvalue weighted by Crippen LogP contribution is 2.38. The maximum absolute atomic E-state index is 6.43. The molecule has 0 aliphatic heterocycles. The number of rotatable bonds is 5. The van der Waals surface area contributed by atoms with Crippen molar-refractivity contribution in [1.82, 2.24) is 4.98 Å². The number of para-hydroxylation sites is 1. The van der Waals surface area contributed by atoms with Crippen LogP contribution in [0, 0.1) is 12.8 Å². The highest BCUT2D eigenvalue weighted by molar-refractivity contribution is 6.11. The fraction of sp³-hybridized carbons (Fsp3) is 0.207. The van der Waals surface area contributed by atoms with Crippen LogP contribution in [0.1, 0.15) is 36.1 Å². The Kier molecular flexibility index (Phi) is 5.07. The first-order valence-corrected chi connectivity index (χ1v) is 11.0. The normalized spacial score (nSPS) is 11.6. The Labute approximate surface area is 183 Å². The molecule has 5 aromatic rings. The van der Waals surface area contributed by atoms with Crippen molar-refractivity contribution in [3.63, 3.8) is 0 Å². The molecule has 0 unspecified atom stereocenters. The first kappa shape index (κ1) is 19.6. The van der Waals surface area contributed by atoms with E-state index in [4.69, 9.17) is 9.40 Å². The number of hydrogen-bond donors (Lipinski definition) is 0. The second kappa shape index (κ2) is 8.03. The third-order valence-corrected chi connectivity index (χ3v) is 5.97. The van der Waals surface area contributed by atoms with Crippen LogP contribution in [0.4, 0.5) is 0 Å². The highest BCUT2D eigenvalue weighted by atomic mass is 16.3. The summed E-state index contributed by atoms with van der Waals surface area (Å²) in [7, 11) is 0. The standard InChI is InChI=1S/C29H27NO/c1-19(2)15-23-17-26(30-18-20(23)3)24-14-13-22(16-21-9-5-4-6-10-21)28-25-11-7-8-12-27(25)31-29(24)28/h4-14,17-19H,15-16H2,1-3H3. The van der Waals surface area contributed by atoms with Crippen LogP contribution in [0.5, 0.6) is 0 Å². The monoisotopic (exact) mass is 405 g/mol. The lowest BCUT2D eigenvalue weighted by Gasteiger charge is -2.12. The van der Waals surface area contributed by atoms with E-state index < -0.39 is 0 Å². The van der Waals surface area contributed by atoms with Crippen molar-refractivity contribution in [3.05, 3.63) is 101 Å². The van der Waals surface area contributed by atoms with Gasteiger partial charge in [0.05, 0.1) is 5.69 Å². The minimum Gasteiger partial charge on any atom is -0.455 e. The summed E-state index contributed by atoms with van der Waals surface area (Å²) in [5.74, 6) is 0.605. The Balaban J connectivity index is 1.72. The molecule has 0 bridgehead atoms. The van der Waals surface area contributed by atoms with Gasteiger partial charge in [0.2, 0.25) is 0 Å². The van der Waals surface area contributed by atoms with Crippen molar-refractivity contribution in [3.8, 4) is 11.3 Å². The molecule has 0 saturated carbocycles. The average molecular weight is 406 g/mol. The van der Waals surface area contributed by atoms with Gasteiger partial charge in [-0.15, -0.1) is 0 Å². The number of nitrogens with zero attached hydrogens (tertiary/aromatic N) is 1. The minimum absolute atomic E-state index is 0.605. The summed E-state index contributed by atoms with van der Waals surface area (Å²) in [4.78, 5) is 4.79. The fourth-order valence-corrected chi connectivity index (χ4v) is 4.43. The summed E-state index contributed by atoms with van der Waals surface area (Å²) in [6.07, 6.45) is 3.93. The molecule has 0 spiro atoms. The van der Waals surface area contributed by atoms with Crippen molar-refractivity contribution >= 4 is 21.9 Å². The van der Waals surface area contributed by atoms with Gasteiger partial charge in [0.25, 0.3) is 0 Å². The summed E-state index contributed by atoms with van der Waals surface area (Å²) in [5.41, 5.74) is 9.09. The number of aryl methyl sites for hydroxylation is 1. The Hall–Kier alpha value is -3.39. The molecular weight excluding hydrogens is 378 g/mol. The lowest BCUT2D eigenvalue weighted by molar-refractivity contribution is 0.644. The molecule has 2 heteroatoms. The van der Waals surface area contributed by atoms with E-state index in [1.165, 1.54) is 33.0 Å². The van der Waals surface area contributed by atoms with Gasteiger partial charge in [-0.1, -0.05) is 68.4 Å². The molecule has 0 aliphatic rings. The molecule has 0 saturated heterocycles. The lowest BCUT2D eigenvalue weighted by Crippen LogP contribution is -1.99. The number of hydrogen-bond acceptors (Lipinski definition) is 2. The first-order chi connectivity index (χ1) is 15.1. The molecule has 31 heavy (non-hydrogen) atoms. The molecule has 0 fully saturated rings. The number of fused-ring (bicyclic) bond motifs is 3. The maximum Gasteiger partial charge on any atom is 0.145 e. The molecule has 3 aromatic carbocycles. The molecule has 2 aromatic heterocycles. The Bertz CT molecular complexity index is 1360. The number of aromatic nitrogens is 1. The molecular formula is C29H27NO. The van der Waals surface area contributed by atoms with Crippen molar-refractivity contribution in [2.24, 2.45) is 5.92 Å². The van der Waals surface area contributed by atoms with E-state index in [0.29, 0.717) is 5.92 Å². The van der Waals surface area contributed by atoms with Gasteiger partial charge in [0.15, 0.2) is 0 Å². The molecule has 2 heterocycles. The number of furan rings is 1. The fourth-order valence-electron chi connectivity index (χ4n) is 4.43. The number of pyridine rings is 1. The Morgan fingerprint density at radius 2 is 1.65 bits per heavy atom. The summed E-state index contributed by atoms with van der Waals surface area (Å²) >= 11 is 0. The molecule has 0 aliphatic carbocycles. The maximum atomic E-state index is 6.43. The summed E-state index contributed by atoms with van der Waals surface area (Å²) in [6.45, 7) is 6.67. The summed E-state index contributed by atoms with van der Waals surface area (Å²) in [5, 5.41) is 2.37. The smallest absolute Gasteiger partial charge is 0.145 e. The molecule has 0 atom stereocenters. The van der Waals surface area contributed by atoms with Crippen LogP contribution in [0.25, 0.3) is 33.2 Å². The molecule has 0 radical (unpaired) electrons. The van der Waals surface area contributed by atoms with E-state index in [1.807, 2.05) is 12.3 Å². The van der Waals surface area contributed by atoms with E-state index >= 15 is 0 Å². The van der Waals surface area contributed by atoms with Crippen molar-refractivity contribution in [2.45, 2.75) is 33.6 Å². The first-order valence-electron chi connectivity index (χ1n) is 11.0. The van der Waals surface area contributed by atoms with Crippen LogP contribution in [0.2, 0.25) is 0 Å². The van der Waals surface area contributed by atoms with Crippen LogP contribution in [0.15, 0.2) is 83.4 Å². The van der Waals surface area contributed by atoms with Gasteiger partial charge >= 0.3 is 0 Å². The Morgan fingerprint density at radius 1 is 0.871 bits per heavy atom. The molecule has 0 N–H and O–H groups in total. The van der Waals surface area contributed by atoms with Gasteiger partial charge in [0.1, 0.15) is 11.2 Å². The number of benzene rings is 3. The van der Waals surface area contributed by atoms with Gasteiger partial charge in [-0.25, -0.2) is 0 Å². The zero-order valence-corrected chi connectivity index (χ0v) is 18.4. The summed E-state index contributed by atoms with van der Waals surface area (Å²) < 4.78 is 6.43. The third-order valence-electron chi connectivity index (χ3n) is 5.97. The van der Waals surface area contributed by atoms with Crippen LogP contribution in [0.3, 0.4) is 0 Å². The second-order valence-electron chi connectivity index (χ2n) is 8.83. The lowest BCUT2D eigenvalue weighted by atomic mass is 9.94. The quantitative estimate of drug-likeness (QED) is 0.299. The van der Waals surface area contributed by atoms with Gasteiger partial charge in [0, 0.05) is 22.5 Å². The molecule has 5 rings (SSSR count). The van der Waals surface area contributed by atoms with Crippen LogP contribution in [-0.2, 0) is 12.8 Å². The zero-order valence-electron chi connectivity index (χ0n) is 18.4. The largest absolute Gasteiger partial charge is 0.455 e. The molecule has 0 amide bonds. The minimum atomic E-state index is 0.605. The summed E-state index contributed by atoms with van der Waals surface area (Å²) in [6, 6.07) is 25.6. The van der Waals surface area contributed by atoms with E-state index in [2.05, 4.69) is 87.5 Å². The second-order valence-corrected chi connectivity index (χ2v) is 8.83. The van der Waals surface area contributed by atoms with E-state index in [0.717, 1.165) is 35.3 Å². The predicted octanol–water partition coefficient (Wildman–Crippen LogP) is 7.75. The molecule has 154 valence electrons. The topological polar surface area (TPSA) is 26.0 Å². The van der Waals surface area contributed by atoms with Crippen LogP contribution < -0.4 is 0 Å². The van der Waals surface area contributed by atoms with Crippen molar-refractivity contribution in [2.75, 3.05) is 0 Å². The average Bonchev–Trinajstić information content (AvgIpc) is 3.16. The van der Waals surface area contributed by atoms with Gasteiger partial charge in [-0.2, -0.15) is 0 Å². The Morgan fingerprint density at radius 3 is 2.45 bits per heavy atom. The predicted molar refractivity (Wildman–Crippen MR) is 129 cm³/mol. The highest BCUT2D eigenvalue weighted by Gasteiger charge is 2.17.